The van der Waals surface area contributed by atoms with Gasteiger partial charge in [0, 0.05) is 23.5 Å². The average molecular weight is 327 g/mol. The first-order chi connectivity index (χ1) is 10.1. The van der Waals surface area contributed by atoms with E-state index in [0.717, 1.165) is 42.1 Å². The Morgan fingerprint density at radius 3 is 2.81 bits per heavy atom. The van der Waals surface area contributed by atoms with Crippen LogP contribution in [0.3, 0.4) is 0 Å². The van der Waals surface area contributed by atoms with Gasteiger partial charge in [0.05, 0.1) is 10.0 Å². The van der Waals surface area contributed by atoms with E-state index in [1.54, 1.807) is 23.5 Å². The largest absolute Gasteiger partial charge is 0.313 e. The van der Waals surface area contributed by atoms with E-state index in [4.69, 9.17) is 11.6 Å². The number of aryl methyl sites for hydroxylation is 1. The lowest BCUT2D eigenvalue weighted by Gasteiger charge is -2.17. The van der Waals surface area contributed by atoms with Crippen LogP contribution in [0, 0.1) is 12.7 Å². The molecule has 1 N–H and O–H groups in total. The van der Waals surface area contributed by atoms with Crippen molar-refractivity contribution in [3.63, 3.8) is 0 Å². The lowest BCUT2D eigenvalue weighted by molar-refractivity contribution is 0.503. The van der Waals surface area contributed by atoms with Crippen molar-refractivity contribution in [2.24, 2.45) is 0 Å². The molecular formula is C16H20ClFN2S. The SMILES string of the molecule is CCCNC(Cc1ccc(F)c(Cl)c1)Cc1nc(C)cs1. The molecule has 1 heterocycles. The number of halogens is 2. The summed E-state index contributed by atoms with van der Waals surface area (Å²) < 4.78 is 13.2. The van der Waals surface area contributed by atoms with Gasteiger partial charge in [0.2, 0.25) is 0 Å². The Bertz CT molecular complexity index is 585. The van der Waals surface area contributed by atoms with Crippen molar-refractivity contribution >= 4 is 22.9 Å². The number of hydrogen-bond donors (Lipinski definition) is 1. The predicted octanol–water partition coefficient (Wildman–Crippen LogP) is 4.40. The second kappa shape index (κ2) is 7.87. The summed E-state index contributed by atoms with van der Waals surface area (Å²) in [4.78, 5) is 4.52. The Balaban J connectivity index is 2.06. The molecule has 1 aromatic carbocycles. The molecule has 2 aromatic rings. The molecule has 0 aliphatic rings. The van der Waals surface area contributed by atoms with E-state index >= 15 is 0 Å². The van der Waals surface area contributed by atoms with E-state index in [1.807, 2.05) is 6.92 Å². The van der Waals surface area contributed by atoms with Crippen LogP contribution >= 0.6 is 22.9 Å². The molecule has 0 aliphatic carbocycles. The first-order valence-electron chi connectivity index (χ1n) is 7.16. The maximum absolute atomic E-state index is 13.2. The van der Waals surface area contributed by atoms with Crippen LogP contribution in [0.1, 0.15) is 29.6 Å². The third-order valence-electron chi connectivity index (χ3n) is 3.24. The van der Waals surface area contributed by atoms with E-state index in [-0.39, 0.29) is 16.9 Å². The summed E-state index contributed by atoms with van der Waals surface area (Å²) in [5.74, 6) is -0.367. The van der Waals surface area contributed by atoms with Crippen LogP contribution in [-0.2, 0) is 12.8 Å². The number of aromatic nitrogens is 1. The zero-order valence-electron chi connectivity index (χ0n) is 12.3. The van der Waals surface area contributed by atoms with Gasteiger partial charge >= 0.3 is 0 Å². The third-order valence-corrected chi connectivity index (χ3v) is 4.52. The van der Waals surface area contributed by atoms with E-state index in [2.05, 4.69) is 22.6 Å². The minimum absolute atomic E-state index is 0.187. The molecule has 2 rings (SSSR count). The molecule has 0 radical (unpaired) electrons. The Hall–Kier alpha value is -0.970. The second-order valence-corrected chi connectivity index (χ2v) is 6.54. The molecule has 1 aromatic heterocycles. The Kier molecular flexibility index (Phi) is 6.15. The summed E-state index contributed by atoms with van der Waals surface area (Å²) in [7, 11) is 0. The fourth-order valence-electron chi connectivity index (χ4n) is 2.22. The molecule has 21 heavy (non-hydrogen) atoms. The highest BCUT2D eigenvalue weighted by atomic mass is 35.5. The highest BCUT2D eigenvalue weighted by molar-refractivity contribution is 7.09. The van der Waals surface area contributed by atoms with Gasteiger partial charge in [-0.05, 0) is 44.0 Å². The summed E-state index contributed by atoms with van der Waals surface area (Å²) in [5.41, 5.74) is 2.11. The molecule has 0 spiro atoms. The quantitative estimate of drug-likeness (QED) is 0.816. The second-order valence-electron chi connectivity index (χ2n) is 5.19. The molecule has 0 fully saturated rings. The van der Waals surface area contributed by atoms with E-state index < -0.39 is 0 Å². The monoisotopic (exact) mass is 326 g/mol. The number of thiazole rings is 1. The highest BCUT2D eigenvalue weighted by Crippen LogP contribution is 2.19. The van der Waals surface area contributed by atoms with Gasteiger partial charge in [0.15, 0.2) is 0 Å². The minimum atomic E-state index is -0.367. The van der Waals surface area contributed by atoms with Crippen molar-refractivity contribution in [2.75, 3.05) is 6.54 Å². The maximum Gasteiger partial charge on any atom is 0.141 e. The van der Waals surface area contributed by atoms with Crippen LogP contribution in [-0.4, -0.2) is 17.6 Å². The maximum atomic E-state index is 13.2. The van der Waals surface area contributed by atoms with E-state index in [1.165, 1.54) is 6.07 Å². The van der Waals surface area contributed by atoms with Crippen molar-refractivity contribution in [3.8, 4) is 0 Å². The Morgan fingerprint density at radius 1 is 1.38 bits per heavy atom. The van der Waals surface area contributed by atoms with E-state index in [9.17, 15) is 4.39 Å². The summed E-state index contributed by atoms with van der Waals surface area (Å²) in [6, 6.07) is 5.23. The number of rotatable bonds is 7. The van der Waals surface area contributed by atoms with E-state index in [0.29, 0.717) is 0 Å². The van der Waals surface area contributed by atoms with Crippen molar-refractivity contribution in [1.82, 2.24) is 10.3 Å². The molecule has 0 aliphatic heterocycles. The van der Waals surface area contributed by atoms with Crippen LogP contribution in [0.4, 0.5) is 4.39 Å². The smallest absolute Gasteiger partial charge is 0.141 e. The summed E-state index contributed by atoms with van der Waals surface area (Å²) in [5, 5.41) is 6.93. The average Bonchev–Trinajstić information content (AvgIpc) is 2.85. The standard InChI is InChI=1S/C16H20ClFN2S/c1-3-6-19-13(9-16-20-11(2)10-21-16)7-12-4-5-15(18)14(17)8-12/h4-5,8,10,13,19H,3,6-7,9H2,1-2H3. The number of benzene rings is 1. The fraction of sp³-hybridized carbons (Fsp3) is 0.438. The molecule has 114 valence electrons. The first kappa shape index (κ1) is 16.4. The van der Waals surface area contributed by atoms with Crippen molar-refractivity contribution < 1.29 is 4.39 Å². The molecular weight excluding hydrogens is 307 g/mol. The number of nitrogens with zero attached hydrogens (tertiary/aromatic N) is 1. The Morgan fingerprint density at radius 2 is 2.19 bits per heavy atom. The van der Waals surface area contributed by atoms with Crippen molar-refractivity contribution in [1.29, 1.82) is 0 Å². The Labute approximate surface area is 134 Å². The van der Waals surface area contributed by atoms with Crippen LogP contribution in [0.25, 0.3) is 0 Å². The van der Waals surface area contributed by atoms with Crippen LogP contribution < -0.4 is 5.32 Å². The summed E-state index contributed by atoms with van der Waals surface area (Å²) in [6.07, 6.45) is 2.78. The first-order valence-corrected chi connectivity index (χ1v) is 8.42. The molecule has 1 unspecified atom stereocenters. The van der Waals surface area contributed by atoms with Gasteiger partial charge in [-0.1, -0.05) is 24.6 Å². The molecule has 0 saturated carbocycles. The molecule has 2 nitrogen and oxygen atoms in total. The van der Waals surface area contributed by atoms with Crippen LogP contribution in [0.15, 0.2) is 23.6 Å². The normalized spacial score (nSPS) is 12.6. The van der Waals surface area contributed by atoms with Gasteiger partial charge in [-0.3, -0.25) is 0 Å². The molecule has 0 bridgehead atoms. The minimum Gasteiger partial charge on any atom is -0.313 e. The number of nitrogens with one attached hydrogen (secondary N) is 1. The van der Waals surface area contributed by atoms with Gasteiger partial charge in [-0.2, -0.15) is 0 Å². The van der Waals surface area contributed by atoms with Crippen molar-refractivity contribution in [3.05, 3.63) is 50.7 Å². The fourth-order valence-corrected chi connectivity index (χ4v) is 3.28. The lowest BCUT2D eigenvalue weighted by Crippen LogP contribution is -2.33. The number of hydrogen-bond acceptors (Lipinski definition) is 3. The van der Waals surface area contributed by atoms with Gasteiger partial charge in [0.25, 0.3) is 0 Å². The van der Waals surface area contributed by atoms with Gasteiger partial charge in [-0.25, -0.2) is 9.37 Å². The zero-order chi connectivity index (χ0) is 15.2. The summed E-state index contributed by atoms with van der Waals surface area (Å²) >= 11 is 7.55. The predicted molar refractivity (Wildman–Crippen MR) is 87.8 cm³/mol. The molecule has 0 amide bonds. The lowest BCUT2D eigenvalue weighted by atomic mass is 10.0. The topological polar surface area (TPSA) is 24.9 Å². The van der Waals surface area contributed by atoms with Gasteiger partial charge in [0.1, 0.15) is 5.82 Å². The molecule has 0 saturated heterocycles. The zero-order valence-corrected chi connectivity index (χ0v) is 13.9. The summed E-state index contributed by atoms with van der Waals surface area (Å²) in [6.45, 7) is 5.12. The van der Waals surface area contributed by atoms with Gasteiger partial charge < -0.3 is 5.32 Å². The third kappa shape index (κ3) is 5.06. The molecule has 5 heteroatoms. The van der Waals surface area contributed by atoms with Crippen LogP contribution in [0.2, 0.25) is 5.02 Å². The molecule has 1 atom stereocenters. The van der Waals surface area contributed by atoms with Gasteiger partial charge in [-0.15, -0.1) is 11.3 Å². The van der Waals surface area contributed by atoms with Crippen molar-refractivity contribution in [2.45, 2.75) is 39.2 Å². The van der Waals surface area contributed by atoms with Crippen LogP contribution in [0.5, 0.6) is 0 Å². The highest BCUT2D eigenvalue weighted by Gasteiger charge is 2.13.